The lowest BCUT2D eigenvalue weighted by molar-refractivity contribution is -0.167. The number of halogens is 5. The Balaban J connectivity index is 2.49. The van der Waals surface area contributed by atoms with Gasteiger partial charge >= 0.3 is 12.3 Å². The van der Waals surface area contributed by atoms with Crippen molar-refractivity contribution in [3.05, 3.63) is 21.3 Å². The second-order valence-electron chi connectivity index (χ2n) is 3.43. The van der Waals surface area contributed by atoms with Crippen LogP contribution >= 0.6 is 22.9 Å². The lowest BCUT2D eigenvalue weighted by atomic mass is 10.2. The van der Waals surface area contributed by atoms with Crippen molar-refractivity contribution in [2.75, 3.05) is 13.2 Å². The molecule has 104 valence electrons. The first-order chi connectivity index (χ1) is 8.38. The fourth-order valence-corrected chi connectivity index (χ4v) is 2.36. The van der Waals surface area contributed by atoms with Crippen LogP contribution in [0.15, 0.2) is 11.4 Å². The molecule has 0 fully saturated rings. The molecule has 0 aliphatic carbocycles. The number of hydrogen-bond acceptors (Lipinski definition) is 4. The third-order valence-electron chi connectivity index (χ3n) is 2.06. The molecule has 0 saturated carbocycles. The minimum Gasteiger partial charge on any atom is -0.373 e. The summed E-state index contributed by atoms with van der Waals surface area (Å²) >= 11 is 7.08. The number of hydrazine groups is 1. The maximum Gasteiger partial charge on any atom is 0.330 e. The van der Waals surface area contributed by atoms with Crippen LogP contribution in [0.1, 0.15) is 10.9 Å². The van der Waals surface area contributed by atoms with Gasteiger partial charge in [-0.2, -0.15) is 8.78 Å². The second kappa shape index (κ2) is 6.67. The SMILES string of the molecule is NNC(COCC(F)(F)C(F)F)c1sccc1Cl. The van der Waals surface area contributed by atoms with Crippen molar-refractivity contribution >= 4 is 22.9 Å². The average Bonchev–Trinajstić information content (AvgIpc) is 2.71. The molecule has 1 aromatic rings. The molecule has 18 heavy (non-hydrogen) atoms. The van der Waals surface area contributed by atoms with E-state index in [1.54, 1.807) is 11.4 Å². The standard InChI is InChI=1S/C9H11ClF4N2OS/c10-5-1-2-18-7(5)6(16-15)3-17-4-9(13,14)8(11)12/h1-2,6,8,16H,3-4,15H2. The first-order valence-electron chi connectivity index (χ1n) is 4.81. The third kappa shape index (κ3) is 4.06. The van der Waals surface area contributed by atoms with Crippen molar-refractivity contribution in [1.29, 1.82) is 0 Å². The lowest BCUT2D eigenvalue weighted by Crippen LogP contribution is -2.36. The van der Waals surface area contributed by atoms with E-state index in [1.807, 2.05) is 0 Å². The molecular formula is C9H11ClF4N2OS. The first-order valence-corrected chi connectivity index (χ1v) is 6.07. The van der Waals surface area contributed by atoms with Crippen LogP contribution in [-0.2, 0) is 4.74 Å². The fourth-order valence-electron chi connectivity index (χ4n) is 1.13. The molecule has 1 heterocycles. The maximum atomic E-state index is 12.6. The van der Waals surface area contributed by atoms with Crippen molar-refractivity contribution in [3.8, 4) is 0 Å². The van der Waals surface area contributed by atoms with E-state index in [1.165, 1.54) is 11.3 Å². The van der Waals surface area contributed by atoms with Gasteiger partial charge in [0.25, 0.3) is 0 Å². The van der Waals surface area contributed by atoms with E-state index in [-0.39, 0.29) is 6.61 Å². The summed E-state index contributed by atoms with van der Waals surface area (Å²) in [5.41, 5.74) is 2.33. The predicted octanol–water partition coefficient (Wildman–Crippen LogP) is 2.82. The minimum atomic E-state index is -4.17. The zero-order valence-electron chi connectivity index (χ0n) is 9.01. The quantitative estimate of drug-likeness (QED) is 0.463. The van der Waals surface area contributed by atoms with E-state index in [2.05, 4.69) is 10.2 Å². The monoisotopic (exact) mass is 306 g/mol. The van der Waals surface area contributed by atoms with Crippen LogP contribution < -0.4 is 11.3 Å². The van der Waals surface area contributed by atoms with Crippen molar-refractivity contribution in [3.63, 3.8) is 0 Å². The van der Waals surface area contributed by atoms with Crippen LogP contribution in [0.5, 0.6) is 0 Å². The molecule has 0 amide bonds. The van der Waals surface area contributed by atoms with Gasteiger partial charge in [0.05, 0.1) is 17.7 Å². The van der Waals surface area contributed by atoms with E-state index in [0.717, 1.165) is 0 Å². The van der Waals surface area contributed by atoms with Crippen LogP contribution in [0, 0.1) is 0 Å². The van der Waals surface area contributed by atoms with E-state index in [9.17, 15) is 17.6 Å². The van der Waals surface area contributed by atoms with Gasteiger partial charge in [0, 0.05) is 4.88 Å². The van der Waals surface area contributed by atoms with Gasteiger partial charge in [-0.3, -0.25) is 5.84 Å². The molecular weight excluding hydrogens is 296 g/mol. The van der Waals surface area contributed by atoms with Crippen LogP contribution in [0.4, 0.5) is 17.6 Å². The Kier molecular flexibility index (Phi) is 5.80. The normalized spacial score (nSPS) is 14.2. The molecule has 0 saturated heterocycles. The van der Waals surface area contributed by atoms with Crippen molar-refractivity contribution in [2.45, 2.75) is 18.4 Å². The molecule has 1 unspecified atom stereocenters. The molecule has 3 nitrogen and oxygen atoms in total. The third-order valence-corrected chi connectivity index (χ3v) is 3.53. The number of nitrogens with one attached hydrogen (secondary N) is 1. The second-order valence-corrected chi connectivity index (χ2v) is 4.78. The highest BCUT2D eigenvalue weighted by Gasteiger charge is 2.41. The first kappa shape index (κ1) is 15.6. The molecule has 0 aliphatic heterocycles. The Morgan fingerprint density at radius 2 is 2.17 bits per heavy atom. The summed E-state index contributed by atoms with van der Waals surface area (Å²) < 4.78 is 53.4. The Morgan fingerprint density at radius 1 is 1.50 bits per heavy atom. The van der Waals surface area contributed by atoms with Crippen LogP contribution in [0.3, 0.4) is 0 Å². The number of hydrogen-bond donors (Lipinski definition) is 2. The van der Waals surface area contributed by atoms with Crippen LogP contribution in [0.2, 0.25) is 5.02 Å². The highest BCUT2D eigenvalue weighted by atomic mass is 35.5. The zero-order chi connectivity index (χ0) is 13.8. The van der Waals surface area contributed by atoms with Crippen LogP contribution in [-0.4, -0.2) is 25.6 Å². The Labute approximate surface area is 110 Å². The smallest absolute Gasteiger partial charge is 0.330 e. The van der Waals surface area contributed by atoms with Gasteiger partial charge in [0.15, 0.2) is 0 Å². The molecule has 3 N–H and O–H groups in total. The Morgan fingerprint density at radius 3 is 2.61 bits per heavy atom. The van der Waals surface area contributed by atoms with E-state index >= 15 is 0 Å². The molecule has 1 atom stereocenters. The summed E-state index contributed by atoms with van der Waals surface area (Å²) in [6, 6.07) is 0.991. The van der Waals surface area contributed by atoms with Gasteiger partial charge in [-0.25, -0.2) is 14.2 Å². The largest absolute Gasteiger partial charge is 0.373 e. The number of alkyl halides is 4. The van der Waals surface area contributed by atoms with Crippen LogP contribution in [0.25, 0.3) is 0 Å². The van der Waals surface area contributed by atoms with E-state index in [4.69, 9.17) is 17.4 Å². The Hall–Kier alpha value is -0.410. The fraction of sp³-hybridized carbons (Fsp3) is 0.556. The Bertz CT molecular complexity index is 377. The average molecular weight is 307 g/mol. The van der Waals surface area contributed by atoms with Crippen molar-refractivity contribution in [2.24, 2.45) is 5.84 Å². The number of ether oxygens (including phenoxy) is 1. The molecule has 0 aromatic carbocycles. The molecule has 1 aromatic heterocycles. The molecule has 1 rings (SSSR count). The summed E-state index contributed by atoms with van der Waals surface area (Å²) in [6.45, 7) is -1.65. The van der Waals surface area contributed by atoms with Gasteiger partial charge in [0.2, 0.25) is 0 Å². The molecule has 0 spiro atoms. The summed E-state index contributed by atoms with van der Waals surface area (Å²) in [5.74, 6) is 1.06. The van der Waals surface area contributed by atoms with E-state index in [0.29, 0.717) is 9.90 Å². The van der Waals surface area contributed by atoms with Gasteiger partial charge in [-0.05, 0) is 11.4 Å². The van der Waals surface area contributed by atoms with Gasteiger partial charge < -0.3 is 4.74 Å². The maximum absolute atomic E-state index is 12.6. The minimum absolute atomic E-state index is 0.279. The van der Waals surface area contributed by atoms with Crippen molar-refractivity contribution < 1.29 is 22.3 Å². The van der Waals surface area contributed by atoms with Gasteiger partial charge in [-0.1, -0.05) is 11.6 Å². The number of thiophene rings is 1. The predicted molar refractivity (Wildman–Crippen MR) is 61.2 cm³/mol. The molecule has 0 aliphatic rings. The zero-order valence-corrected chi connectivity index (χ0v) is 10.6. The van der Waals surface area contributed by atoms with Gasteiger partial charge in [0.1, 0.15) is 6.61 Å². The molecule has 9 heteroatoms. The summed E-state index contributed by atoms with van der Waals surface area (Å²) in [7, 11) is 0. The summed E-state index contributed by atoms with van der Waals surface area (Å²) in [4.78, 5) is 0.597. The van der Waals surface area contributed by atoms with E-state index < -0.39 is 25.0 Å². The highest BCUT2D eigenvalue weighted by molar-refractivity contribution is 7.10. The summed E-state index contributed by atoms with van der Waals surface area (Å²) in [5, 5.41) is 2.10. The van der Waals surface area contributed by atoms with Gasteiger partial charge in [-0.15, -0.1) is 11.3 Å². The number of rotatable bonds is 7. The van der Waals surface area contributed by atoms with Crippen molar-refractivity contribution in [1.82, 2.24) is 5.43 Å². The molecule has 0 radical (unpaired) electrons. The topological polar surface area (TPSA) is 47.3 Å². The number of nitrogens with two attached hydrogens (primary N) is 1. The highest BCUT2D eigenvalue weighted by Crippen LogP contribution is 2.29. The summed E-state index contributed by atoms with van der Waals surface area (Å²) in [6.07, 6.45) is -3.76. The lowest BCUT2D eigenvalue weighted by Gasteiger charge is -2.19. The molecule has 0 bridgehead atoms.